The van der Waals surface area contributed by atoms with Gasteiger partial charge in [-0.05, 0) is 19.8 Å². The van der Waals surface area contributed by atoms with Gasteiger partial charge in [0, 0.05) is 20.6 Å². The molecule has 0 radical (unpaired) electrons. The number of carbonyl (C=O) groups excluding carboxylic acids is 1. The van der Waals surface area contributed by atoms with Crippen LogP contribution in [-0.4, -0.2) is 25.8 Å². The summed E-state index contributed by atoms with van der Waals surface area (Å²) in [7, 11) is 3.23. The van der Waals surface area contributed by atoms with Crippen molar-refractivity contribution in [2.45, 2.75) is 38.4 Å². The molecule has 1 saturated carbocycles. The molecule has 3 nitrogen and oxygen atoms in total. The van der Waals surface area contributed by atoms with E-state index in [1.54, 1.807) is 21.1 Å². The van der Waals surface area contributed by atoms with Crippen molar-refractivity contribution < 1.29 is 14.3 Å². The van der Waals surface area contributed by atoms with Gasteiger partial charge in [-0.3, -0.25) is 4.79 Å². The molecule has 0 saturated heterocycles. The minimum atomic E-state index is -0.649. The van der Waals surface area contributed by atoms with E-state index in [1.807, 2.05) is 0 Å². The molecule has 76 valence electrons. The molecule has 1 rings (SSSR count). The normalized spacial score (nSPS) is 27.2. The Morgan fingerprint density at radius 2 is 1.92 bits per heavy atom. The van der Waals surface area contributed by atoms with E-state index in [0.29, 0.717) is 0 Å². The van der Waals surface area contributed by atoms with Crippen molar-refractivity contribution in [3.8, 4) is 0 Å². The predicted molar refractivity (Wildman–Crippen MR) is 49.4 cm³/mol. The van der Waals surface area contributed by atoms with Crippen molar-refractivity contribution in [1.29, 1.82) is 0 Å². The maximum absolute atomic E-state index is 11.4. The van der Waals surface area contributed by atoms with E-state index in [1.165, 1.54) is 0 Å². The smallest absolute Gasteiger partial charge is 0.177 e. The fraction of sp³-hybridized carbons (Fsp3) is 0.900. The molecule has 0 spiro atoms. The van der Waals surface area contributed by atoms with Crippen LogP contribution in [0, 0.1) is 5.92 Å². The summed E-state index contributed by atoms with van der Waals surface area (Å²) in [5.41, 5.74) is 0. The van der Waals surface area contributed by atoms with Gasteiger partial charge in [-0.15, -0.1) is 0 Å². The Morgan fingerprint density at radius 1 is 1.31 bits per heavy atom. The van der Waals surface area contributed by atoms with Crippen molar-refractivity contribution in [2.75, 3.05) is 14.2 Å². The molecule has 3 heteroatoms. The van der Waals surface area contributed by atoms with E-state index in [0.717, 1.165) is 25.7 Å². The molecule has 1 aliphatic carbocycles. The van der Waals surface area contributed by atoms with E-state index < -0.39 is 5.79 Å². The molecular weight excluding hydrogens is 168 g/mol. The molecular formula is C10H18O3. The highest BCUT2D eigenvalue weighted by Gasteiger charge is 2.43. The van der Waals surface area contributed by atoms with Crippen LogP contribution >= 0.6 is 0 Å². The van der Waals surface area contributed by atoms with Gasteiger partial charge < -0.3 is 9.47 Å². The van der Waals surface area contributed by atoms with E-state index in [4.69, 9.17) is 9.47 Å². The van der Waals surface area contributed by atoms with Gasteiger partial charge in [0.15, 0.2) is 5.79 Å². The molecule has 1 atom stereocenters. The summed E-state index contributed by atoms with van der Waals surface area (Å²) in [5.74, 6) is -0.566. The zero-order chi connectivity index (χ0) is 9.90. The molecule has 1 aliphatic rings. The number of hydrogen-bond donors (Lipinski definition) is 0. The van der Waals surface area contributed by atoms with Gasteiger partial charge in [-0.2, -0.15) is 0 Å². The molecule has 1 unspecified atom stereocenters. The quantitative estimate of drug-likeness (QED) is 0.630. The third-order valence-corrected chi connectivity index (χ3v) is 2.98. The van der Waals surface area contributed by atoms with Crippen molar-refractivity contribution in [2.24, 2.45) is 5.92 Å². The lowest BCUT2D eigenvalue weighted by atomic mass is 9.81. The van der Waals surface area contributed by atoms with Crippen LogP contribution in [0.1, 0.15) is 32.6 Å². The lowest BCUT2D eigenvalue weighted by Gasteiger charge is -2.40. The van der Waals surface area contributed by atoms with Crippen molar-refractivity contribution in [3.05, 3.63) is 0 Å². The number of ketones is 1. The highest BCUT2D eigenvalue weighted by molar-refractivity contribution is 5.79. The minimum Gasteiger partial charge on any atom is -0.352 e. The van der Waals surface area contributed by atoms with Crippen molar-refractivity contribution in [3.63, 3.8) is 0 Å². The average Bonchev–Trinajstić information content (AvgIpc) is 2.17. The third kappa shape index (κ3) is 1.92. The molecule has 0 aromatic carbocycles. The maximum atomic E-state index is 11.4. The fourth-order valence-corrected chi connectivity index (χ4v) is 2.20. The highest BCUT2D eigenvalue weighted by atomic mass is 16.7. The van der Waals surface area contributed by atoms with Crippen LogP contribution in [0.3, 0.4) is 0 Å². The zero-order valence-electron chi connectivity index (χ0n) is 8.63. The maximum Gasteiger partial charge on any atom is 0.177 e. The molecule has 0 aliphatic heterocycles. The lowest BCUT2D eigenvalue weighted by molar-refractivity contribution is -0.248. The summed E-state index contributed by atoms with van der Waals surface area (Å²) in [5, 5.41) is 0. The van der Waals surface area contributed by atoms with Crippen LogP contribution in [0.4, 0.5) is 0 Å². The van der Waals surface area contributed by atoms with E-state index in [2.05, 4.69) is 0 Å². The number of hydrogen-bond acceptors (Lipinski definition) is 3. The Balaban J connectivity index is 2.81. The number of Topliss-reactive ketones (excluding diaryl/α,β-unsaturated/α-hetero) is 1. The SMILES string of the molecule is COC1(OC)CCCCC1C(C)=O. The van der Waals surface area contributed by atoms with Crippen LogP contribution in [0.2, 0.25) is 0 Å². The topological polar surface area (TPSA) is 35.5 Å². The molecule has 0 bridgehead atoms. The molecule has 0 heterocycles. The fourth-order valence-electron chi connectivity index (χ4n) is 2.20. The van der Waals surface area contributed by atoms with E-state index in [9.17, 15) is 4.79 Å². The molecule has 0 N–H and O–H groups in total. The monoisotopic (exact) mass is 186 g/mol. The summed E-state index contributed by atoms with van der Waals surface area (Å²) in [6, 6.07) is 0. The minimum absolute atomic E-state index is 0.0868. The Labute approximate surface area is 79.4 Å². The second-order valence-corrected chi connectivity index (χ2v) is 3.63. The zero-order valence-corrected chi connectivity index (χ0v) is 8.63. The van der Waals surface area contributed by atoms with E-state index in [-0.39, 0.29) is 11.7 Å². The van der Waals surface area contributed by atoms with Crippen molar-refractivity contribution >= 4 is 5.78 Å². The Hall–Kier alpha value is -0.410. The standard InChI is InChI=1S/C10H18O3/c1-8(11)9-6-4-5-7-10(9,12-2)13-3/h9H,4-7H2,1-3H3. The summed E-state index contributed by atoms with van der Waals surface area (Å²) >= 11 is 0. The number of carbonyl (C=O) groups is 1. The first-order chi connectivity index (χ1) is 6.16. The van der Waals surface area contributed by atoms with Gasteiger partial charge in [-0.1, -0.05) is 6.42 Å². The second-order valence-electron chi connectivity index (χ2n) is 3.63. The first-order valence-electron chi connectivity index (χ1n) is 4.77. The van der Waals surface area contributed by atoms with Gasteiger partial charge in [0.05, 0.1) is 5.92 Å². The van der Waals surface area contributed by atoms with Crippen LogP contribution in [-0.2, 0) is 14.3 Å². The first kappa shape index (κ1) is 10.7. The molecule has 0 aromatic heterocycles. The Morgan fingerprint density at radius 3 is 2.31 bits per heavy atom. The number of methoxy groups -OCH3 is 2. The molecule has 13 heavy (non-hydrogen) atoms. The second kappa shape index (κ2) is 4.20. The summed E-state index contributed by atoms with van der Waals surface area (Å²) in [6.45, 7) is 1.61. The molecule has 0 aromatic rings. The lowest BCUT2D eigenvalue weighted by Crippen LogP contribution is -2.47. The summed E-state index contributed by atoms with van der Waals surface area (Å²) in [6.07, 6.45) is 3.88. The Bertz CT molecular complexity index is 185. The van der Waals surface area contributed by atoms with Gasteiger partial charge >= 0.3 is 0 Å². The average molecular weight is 186 g/mol. The largest absolute Gasteiger partial charge is 0.352 e. The van der Waals surface area contributed by atoms with Gasteiger partial charge in [-0.25, -0.2) is 0 Å². The van der Waals surface area contributed by atoms with Gasteiger partial charge in [0.1, 0.15) is 5.78 Å². The van der Waals surface area contributed by atoms with Crippen LogP contribution < -0.4 is 0 Å². The van der Waals surface area contributed by atoms with Crippen LogP contribution in [0.5, 0.6) is 0 Å². The molecule has 1 fully saturated rings. The van der Waals surface area contributed by atoms with E-state index >= 15 is 0 Å². The van der Waals surface area contributed by atoms with Crippen LogP contribution in [0.25, 0.3) is 0 Å². The summed E-state index contributed by atoms with van der Waals surface area (Å²) in [4.78, 5) is 11.4. The first-order valence-corrected chi connectivity index (χ1v) is 4.77. The Kier molecular flexibility index (Phi) is 3.45. The highest BCUT2D eigenvalue weighted by Crippen LogP contribution is 2.37. The predicted octanol–water partition coefficient (Wildman–Crippen LogP) is 1.75. The van der Waals surface area contributed by atoms with Crippen LogP contribution in [0.15, 0.2) is 0 Å². The number of ether oxygens (including phenoxy) is 2. The number of rotatable bonds is 3. The van der Waals surface area contributed by atoms with Crippen molar-refractivity contribution in [1.82, 2.24) is 0 Å². The molecule has 0 amide bonds. The summed E-state index contributed by atoms with van der Waals surface area (Å²) < 4.78 is 10.7. The third-order valence-electron chi connectivity index (χ3n) is 2.98. The van der Waals surface area contributed by atoms with Gasteiger partial charge in [0.25, 0.3) is 0 Å². The van der Waals surface area contributed by atoms with Gasteiger partial charge in [0.2, 0.25) is 0 Å².